The zero-order chi connectivity index (χ0) is 17.6. The molecule has 0 spiro atoms. The van der Waals surface area contributed by atoms with Gasteiger partial charge in [0.1, 0.15) is 5.75 Å². The number of thiazole rings is 1. The zero-order valence-corrected chi connectivity index (χ0v) is 15.2. The normalized spacial score (nSPS) is 14.6. The Balaban J connectivity index is 1.52. The van der Waals surface area contributed by atoms with Crippen LogP contribution in [-0.4, -0.2) is 37.1 Å². The highest BCUT2D eigenvalue weighted by Crippen LogP contribution is 2.23. The number of ether oxygens (including phenoxy) is 1. The van der Waals surface area contributed by atoms with Crippen LogP contribution in [0, 0.1) is 18.8 Å². The van der Waals surface area contributed by atoms with E-state index in [0.717, 1.165) is 36.8 Å². The molecule has 6 heteroatoms. The van der Waals surface area contributed by atoms with E-state index in [1.54, 1.807) is 18.4 Å². The summed E-state index contributed by atoms with van der Waals surface area (Å²) in [5.74, 6) is 5.98. The number of para-hydroxylation sites is 1. The number of amides is 1. The predicted octanol–water partition coefficient (Wildman–Crippen LogP) is 2.60. The Morgan fingerprint density at radius 1 is 1.36 bits per heavy atom. The van der Waals surface area contributed by atoms with Crippen molar-refractivity contribution in [2.45, 2.75) is 25.8 Å². The van der Waals surface area contributed by atoms with Crippen LogP contribution in [0.15, 0.2) is 29.6 Å². The minimum Gasteiger partial charge on any atom is -0.495 e. The maximum Gasteiger partial charge on any atom is 0.296 e. The summed E-state index contributed by atoms with van der Waals surface area (Å²) < 4.78 is 5.24. The Morgan fingerprint density at radius 3 is 2.80 bits per heavy atom. The molecule has 1 N–H and O–H groups in total. The summed E-state index contributed by atoms with van der Waals surface area (Å²) in [7, 11) is 1.60. The second kappa shape index (κ2) is 8.04. The zero-order valence-electron chi connectivity index (χ0n) is 14.4. The maximum absolute atomic E-state index is 12.1. The summed E-state index contributed by atoms with van der Waals surface area (Å²) >= 11 is 1.67. The van der Waals surface area contributed by atoms with Crippen molar-refractivity contribution in [1.82, 2.24) is 10.3 Å². The van der Waals surface area contributed by atoms with Crippen molar-refractivity contribution in [3.8, 4) is 17.6 Å². The fourth-order valence-corrected chi connectivity index (χ4v) is 3.65. The van der Waals surface area contributed by atoms with Crippen molar-refractivity contribution in [1.29, 1.82) is 0 Å². The van der Waals surface area contributed by atoms with Gasteiger partial charge < -0.3 is 15.0 Å². The fourth-order valence-electron chi connectivity index (χ4n) is 2.80. The number of hydrogen-bond donors (Lipinski definition) is 1. The first-order valence-electron chi connectivity index (χ1n) is 8.28. The summed E-state index contributed by atoms with van der Waals surface area (Å²) in [4.78, 5) is 18.9. The number of piperidine rings is 1. The van der Waals surface area contributed by atoms with Crippen molar-refractivity contribution < 1.29 is 9.53 Å². The van der Waals surface area contributed by atoms with Crippen LogP contribution in [0.3, 0.4) is 0 Å². The van der Waals surface area contributed by atoms with Crippen LogP contribution in [-0.2, 0) is 4.79 Å². The summed E-state index contributed by atoms with van der Waals surface area (Å²) in [6, 6.07) is 7.59. The van der Waals surface area contributed by atoms with Crippen LogP contribution in [0.2, 0.25) is 0 Å². The van der Waals surface area contributed by atoms with Gasteiger partial charge in [-0.15, -0.1) is 11.3 Å². The average Bonchev–Trinajstić information content (AvgIpc) is 3.07. The lowest BCUT2D eigenvalue weighted by Crippen LogP contribution is -2.44. The standard InChI is InChI=1S/C19H21N3O2S/c1-14-13-25-19(20-14)22-11-9-16(10-12-22)21-18(23)8-7-15-5-3-4-6-17(15)24-2/h3-6,13,16H,9-12H2,1-2H3,(H,21,23). The quantitative estimate of drug-likeness (QED) is 0.860. The van der Waals surface area contributed by atoms with E-state index >= 15 is 0 Å². The van der Waals surface area contributed by atoms with Crippen LogP contribution in [0.1, 0.15) is 24.1 Å². The molecule has 5 nitrogen and oxygen atoms in total. The number of aryl methyl sites for hydroxylation is 1. The molecule has 25 heavy (non-hydrogen) atoms. The van der Waals surface area contributed by atoms with E-state index in [0.29, 0.717) is 11.3 Å². The van der Waals surface area contributed by atoms with E-state index in [4.69, 9.17) is 4.74 Å². The van der Waals surface area contributed by atoms with Gasteiger partial charge in [0, 0.05) is 30.4 Å². The smallest absolute Gasteiger partial charge is 0.296 e. The molecule has 2 heterocycles. The molecule has 1 fully saturated rings. The number of rotatable bonds is 3. The molecule has 1 aromatic carbocycles. The number of anilines is 1. The van der Waals surface area contributed by atoms with Gasteiger partial charge in [0.05, 0.1) is 18.4 Å². The number of nitrogens with zero attached hydrogens (tertiary/aromatic N) is 2. The van der Waals surface area contributed by atoms with Gasteiger partial charge in [0.25, 0.3) is 5.91 Å². The van der Waals surface area contributed by atoms with Crippen LogP contribution >= 0.6 is 11.3 Å². The number of aromatic nitrogens is 1. The summed E-state index contributed by atoms with van der Waals surface area (Å²) in [5.41, 5.74) is 1.77. The Hall–Kier alpha value is -2.52. The van der Waals surface area contributed by atoms with Gasteiger partial charge in [-0.05, 0) is 31.9 Å². The van der Waals surface area contributed by atoms with E-state index in [9.17, 15) is 4.79 Å². The number of nitrogens with one attached hydrogen (secondary N) is 1. The molecular formula is C19H21N3O2S. The molecule has 3 rings (SSSR count). The minimum absolute atomic E-state index is 0.164. The molecule has 0 bridgehead atoms. The van der Waals surface area contributed by atoms with Crippen molar-refractivity contribution in [3.63, 3.8) is 0 Å². The molecule has 0 atom stereocenters. The van der Waals surface area contributed by atoms with Crippen LogP contribution in [0.4, 0.5) is 5.13 Å². The van der Waals surface area contributed by atoms with Gasteiger partial charge in [-0.1, -0.05) is 18.1 Å². The van der Waals surface area contributed by atoms with Crippen molar-refractivity contribution >= 4 is 22.4 Å². The predicted molar refractivity (Wildman–Crippen MR) is 100 cm³/mol. The van der Waals surface area contributed by atoms with Gasteiger partial charge in [-0.3, -0.25) is 4.79 Å². The maximum atomic E-state index is 12.1. The molecule has 0 saturated carbocycles. The lowest BCUT2D eigenvalue weighted by molar-refractivity contribution is -0.116. The number of carbonyl (C=O) groups is 1. The summed E-state index contributed by atoms with van der Waals surface area (Å²) in [6.45, 7) is 3.81. The third-order valence-corrected chi connectivity index (χ3v) is 5.14. The molecule has 1 aliphatic heterocycles. The molecule has 1 aromatic heterocycles. The van der Waals surface area contributed by atoms with Crippen LogP contribution < -0.4 is 15.0 Å². The van der Waals surface area contributed by atoms with E-state index in [1.807, 2.05) is 31.2 Å². The SMILES string of the molecule is COc1ccccc1C#CC(=O)NC1CCN(c2nc(C)cs2)CC1. The van der Waals surface area contributed by atoms with E-state index < -0.39 is 0 Å². The van der Waals surface area contributed by atoms with Crippen molar-refractivity contribution in [2.24, 2.45) is 0 Å². The first-order chi connectivity index (χ1) is 12.2. The number of carbonyl (C=O) groups excluding carboxylic acids is 1. The highest BCUT2D eigenvalue weighted by molar-refractivity contribution is 7.13. The minimum atomic E-state index is -0.241. The van der Waals surface area contributed by atoms with Crippen molar-refractivity contribution in [3.05, 3.63) is 40.9 Å². The Bertz CT molecular complexity index is 798. The van der Waals surface area contributed by atoms with E-state index in [-0.39, 0.29) is 11.9 Å². The number of methoxy groups -OCH3 is 1. The fraction of sp³-hybridized carbons (Fsp3) is 0.368. The largest absolute Gasteiger partial charge is 0.495 e. The molecule has 2 aromatic rings. The molecule has 130 valence electrons. The van der Waals surface area contributed by atoms with E-state index in [2.05, 4.69) is 32.4 Å². The topological polar surface area (TPSA) is 54.5 Å². The first-order valence-corrected chi connectivity index (χ1v) is 9.16. The lowest BCUT2D eigenvalue weighted by atomic mass is 10.1. The molecule has 1 saturated heterocycles. The van der Waals surface area contributed by atoms with Gasteiger partial charge in [-0.25, -0.2) is 4.98 Å². The molecule has 0 unspecified atom stereocenters. The average molecular weight is 355 g/mol. The van der Waals surface area contributed by atoms with Crippen LogP contribution in [0.25, 0.3) is 0 Å². The second-order valence-corrected chi connectivity index (χ2v) is 6.79. The highest BCUT2D eigenvalue weighted by atomic mass is 32.1. The Morgan fingerprint density at radius 2 is 2.12 bits per heavy atom. The Labute approximate surface area is 152 Å². The highest BCUT2D eigenvalue weighted by Gasteiger charge is 2.21. The lowest BCUT2D eigenvalue weighted by Gasteiger charge is -2.31. The van der Waals surface area contributed by atoms with Crippen molar-refractivity contribution in [2.75, 3.05) is 25.1 Å². The summed E-state index contributed by atoms with van der Waals surface area (Å²) in [5, 5.41) is 6.14. The van der Waals surface area contributed by atoms with Crippen LogP contribution in [0.5, 0.6) is 5.75 Å². The van der Waals surface area contributed by atoms with Gasteiger partial charge in [0.2, 0.25) is 0 Å². The third kappa shape index (κ3) is 4.52. The van der Waals surface area contributed by atoms with Gasteiger partial charge >= 0.3 is 0 Å². The molecule has 1 aliphatic rings. The number of benzene rings is 1. The monoisotopic (exact) mass is 355 g/mol. The van der Waals surface area contributed by atoms with E-state index in [1.165, 1.54) is 0 Å². The molecular weight excluding hydrogens is 334 g/mol. The second-order valence-electron chi connectivity index (χ2n) is 5.96. The first kappa shape index (κ1) is 17.3. The summed E-state index contributed by atoms with van der Waals surface area (Å²) in [6.07, 6.45) is 1.81. The third-order valence-electron chi connectivity index (χ3n) is 4.13. The molecule has 0 aliphatic carbocycles. The van der Waals surface area contributed by atoms with Gasteiger partial charge in [0.15, 0.2) is 5.13 Å². The molecule has 0 radical (unpaired) electrons. The molecule has 1 amide bonds. The number of hydrogen-bond acceptors (Lipinski definition) is 5. The van der Waals surface area contributed by atoms with Gasteiger partial charge in [-0.2, -0.15) is 0 Å². The Kier molecular flexibility index (Phi) is 5.56.